The second-order valence-corrected chi connectivity index (χ2v) is 4.11. The molecule has 0 aliphatic heterocycles. The minimum absolute atomic E-state index is 0.0229. The van der Waals surface area contributed by atoms with Crippen LogP contribution in [0.1, 0.15) is 25.6 Å². The number of H-pyrrole nitrogens is 1. The first-order valence-corrected chi connectivity index (χ1v) is 5.08. The van der Waals surface area contributed by atoms with E-state index in [0.29, 0.717) is 5.82 Å². The zero-order chi connectivity index (χ0) is 13.2. The molecule has 7 heteroatoms. The SMILES string of the molecule is CC(C)c1nc(N(C)CC(F)(F)F)cc(=O)[nH]1. The van der Waals surface area contributed by atoms with Gasteiger partial charge in [0, 0.05) is 19.0 Å². The van der Waals surface area contributed by atoms with Crippen molar-refractivity contribution in [2.45, 2.75) is 25.9 Å². The Bertz CT molecular complexity index is 439. The van der Waals surface area contributed by atoms with E-state index in [2.05, 4.69) is 9.97 Å². The molecule has 0 aliphatic carbocycles. The standard InChI is InChI=1S/C10H14F3N3O/c1-6(2)9-14-7(4-8(17)15-9)16(3)5-10(11,12)13/h4,6H,5H2,1-3H3,(H,14,15,17). The van der Waals surface area contributed by atoms with Gasteiger partial charge in [0.15, 0.2) is 0 Å². The van der Waals surface area contributed by atoms with Gasteiger partial charge in [0.1, 0.15) is 18.2 Å². The Morgan fingerprint density at radius 2 is 2.06 bits per heavy atom. The minimum atomic E-state index is -4.32. The van der Waals surface area contributed by atoms with Crippen LogP contribution in [0.2, 0.25) is 0 Å². The third kappa shape index (κ3) is 4.08. The maximum Gasteiger partial charge on any atom is 0.405 e. The topological polar surface area (TPSA) is 49.0 Å². The van der Waals surface area contributed by atoms with Gasteiger partial charge < -0.3 is 9.88 Å². The highest BCUT2D eigenvalue weighted by Crippen LogP contribution is 2.19. The molecular formula is C10H14F3N3O. The van der Waals surface area contributed by atoms with Crippen molar-refractivity contribution >= 4 is 5.82 Å². The third-order valence-electron chi connectivity index (χ3n) is 2.10. The fourth-order valence-electron chi connectivity index (χ4n) is 1.28. The van der Waals surface area contributed by atoms with Gasteiger partial charge in [-0.3, -0.25) is 4.79 Å². The molecule has 0 fully saturated rings. The molecule has 0 spiro atoms. The Balaban J connectivity index is 3.02. The summed E-state index contributed by atoms with van der Waals surface area (Å²) in [5.41, 5.74) is -0.451. The first-order chi connectivity index (χ1) is 7.69. The monoisotopic (exact) mass is 249 g/mol. The molecule has 96 valence electrons. The van der Waals surface area contributed by atoms with E-state index in [1.807, 2.05) is 0 Å². The average molecular weight is 249 g/mol. The number of hydrogen-bond donors (Lipinski definition) is 1. The fraction of sp³-hybridized carbons (Fsp3) is 0.600. The van der Waals surface area contributed by atoms with E-state index in [1.165, 1.54) is 7.05 Å². The van der Waals surface area contributed by atoms with E-state index in [0.717, 1.165) is 11.0 Å². The summed E-state index contributed by atoms with van der Waals surface area (Å²) in [4.78, 5) is 18.7. The van der Waals surface area contributed by atoms with Crippen LogP contribution in [0.25, 0.3) is 0 Å². The molecule has 1 aromatic heterocycles. The van der Waals surface area contributed by atoms with Gasteiger partial charge in [-0.05, 0) is 0 Å². The van der Waals surface area contributed by atoms with Gasteiger partial charge in [0.2, 0.25) is 0 Å². The van der Waals surface area contributed by atoms with Gasteiger partial charge in [-0.2, -0.15) is 13.2 Å². The Kier molecular flexibility index (Phi) is 3.79. The summed E-state index contributed by atoms with van der Waals surface area (Å²) in [7, 11) is 1.25. The summed E-state index contributed by atoms with van der Waals surface area (Å²) in [5, 5.41) is 0. The van der Waals surface area contributed by atoms with Gasteiger partial charge in [-0.25, -0.2) is 4.98 Å². The molecule has 4 nitrogen and oxygen atoms in total. The van der Waals surface area contributed by atoms with Crippen LogP contribution in [0.3, 0.4) is 0 Å². The molecule has 0 aromatic carbocycles. The lowest BCUT2D eigenvalue weighted by molar-refractivity contribution is -0.119. The van der Waals surface area contributed by atoms with E-state index >= 15 is 0 Å². The summed E-state index contributed by atoms with van der Waals surface area (Å²) in [5.74, 6) is 0.346. The number of aromatic nitrogens is 2. The van der Waals surface area contributed by atoms with Crippen molar-refractivity contribution in [1.29, 1.82) is 0 Å². The van der Waals surface area contributed by atoms with Gasteiger partial charge in [0.05, 0.1) is 0 Å². The highest BCUT2D eigenvalue weighted by atomic mass is 19.4. The second-order valence-electron chi connectivity index (χ2n) is 4.11. The Labute approximate surface area is 96.5 Å². The number of nitrogens with one attached hydrogen (secondary N) is 1. The normalized spacial score (nSPS) is 11.9. The van der Waals surface area contributed by atoms with Crippen molar-refractivity contribution < 1.29 is 13.2 Å². The van der Waals surface area contributed by atoms with Crippen molar-refractivity contribution in [3.8, 4) is 0 Å². The largest absolute Gasteiger partial charge is 0.405 e. The lowest BCUT2D eigenvalue weighted by Gasteiger charge is -2.20. The first kappa shape index (κ1) is 13.5. The van der Waals surface area contributed by atoms with Gasteiger partial charge in [-0.1, -0.05) is 13.8 Å². The van der Waals surface area contributed by atoms with Gasteiger partial charge >= 0.3 is 6.18 Å². The number of hydrogen-bond acceptors (Lipinski definition) is 3. The quantitative estimate of drug-likeness (QED) is 0.890. The predicted octanol–water partition coefficient (Wildman–Crippen LogP) is 1.89. The predicted molar refractivity (Wildman–Crippen MR) is 58.3 cm³/mol. The van der Waals surface area contributed by atoms with E-state index in [9.17, 15) is 18.0 Å². The molecule has 0 atom stereocenters. The Hall–Kier alpha value is -1.53. The maximum absolute atomic E-state index is 12.2. The highest BCUT2D eigenvalue weighted by molar-refractivity contribution is 5.36. The van der Waals surface area contributed by atoms with Crippen molar-refractivity contribution in [1.82, 2.24) is 9.97 Å². The maximum atomic E-state index is 12.2. The molecule has 0 saturated carbocycles. The highest BCUT2D eigenvalue weighted by Gasteiger charge is 2.30. The van der Waals surface area contributed by atoms with Crippen LogP contribution < -0.4 is 10.5 Å². The van der Waals surface area contributed by atoms with Gasteiger partial charge in [-0.15, -0.1) is 0 Å². The number of rotatable bonds is 3. The van der Waals surface area contributed by atoms with Crippen molar-refractivity contribution in [3.05, 3.63) is 22.2 Å². The summed E-state index contributed by atoms with van der Waals surface area (Å²) in [6, 6.07) is 1.05. The Morgan fingerprint density at radius 3 is 2.53 bits per heavy atom. The number of nitrogens with zero attached hydrogens (tertiary/aromatic N) is 2. The number of halogens is 3. The average Bonchev–Trinajstić information content (AvgIpc) is 2.13. The molecule has 0 aliphatic rings. The van der Waals surface area contributed by atoms with Crippen LogP contribution in [0.4, 0.5) is 19.0 Å². The van der Waals surface area contributed by atoms with Crippen LogP contribution in [-0.4, -0.2) is 29.7 Å². The molecule has 1 N–H and O–H groups in total. The molecule has 1 heterocycles. The summed E-state index contributed by atoms with van der Waals surface area (Å²) < 4.78 is 36.6. The third-order valence-corrected chi connectivity index (χ3v) is 2.10. The number of aromatic amines is 1. The molecule has 0 radical (unpaired) electrons. The summed E-state index contributed by atoms with van der Waals surface area (Å²) in [6.45, 7) is 2.46. The molecule has 0 amide bonds. The molecule has 0 unspecified atom stereocenters. The first-order valence-electron chi connectivity index (χ1n) is 5.08. The molecular weight excluding hydrogens is 235 g/mol. The van der Waals surface area contributed by atoms with E-state index in [1.54, 1.807) is 13.8 Å². The van der Waals surface area contributed by atoms with Crippen LogP contribution in [0.5, 0.6) is 0 Å². The lowest BCUT2D eigenvalue weighted by atomic mass is 10.2. The second kappa shape index (κ2) is 4.77. The number of anilines is 1. The molecule has 1 rings (SSSR count). The lowest BCUT2D eigenvalue weighted by Crippen LogP contribution is -2.32. The molecule has 1 aromatic rings. The van der Waals surface area contributed by atoms with E-state index in [4.69, 9.17) is 0 Å². The molecule has 0 bridgehead atoms. The van der Waals surface area contributed by atoms with Gasteiger partial charge in [0.25, 0.3) is 5.56 Å². The van der Waals surface area contributed by atoms with Crippen molar-refractivity contribution in [2.75, 3.05) is 18.5 Å². The fourth-order valence-corrected chi connectivity index (χ4v) is 1.28. The molecule has 17 heavy (non-hydrogen) atoms. The van der Waals surface area contributed by atoms with Crippen LogP contribution in [0, 0.1) is 0 Å². The number of alkyl halides is 3. The van der Waals surface area contributed by atoms with E-state index < -0.39 is 18.3 Å². The van der Waals surface area contributed by atoms with Crippen LogP contribution in [-0.2, 0) is 0 Å². The minimum Gasteiger partial charge on any atom is -0.350 e. The van der Waals surface area contributed by atoms with Crippen LogP contribution >= 0.6 is 0 Å². The van der Waals surface area contributed by atoms with Crippen molar-refractivity contribution in [3.63, 3.8) is 0 Å². The summed E-state index contributed by atoms with van der Waals surface area (Å²) >= 11 is 0. The van der Waals surface area contributed by atoms with Crippen LogP contribution in [0.15, 0.2) is 10.9 Å². The zero-order valence-electron chi connectivity index (χ0n) is 9.80. The molecule has 0 saturated heterocycles. The Morgan fingerprint density at radius 1 is 1.47 bits per heavy atom. The zero-order valence-corrected chi connectivity index (χ0v) is 9.80. The summed E-state index contributed by atoms with van der Waals surface area (Å²) in [6.07, 6.45) is -4.32. The smallest absolute Gasteiger partial charge is 0.350 e. The van der Waals surface area contributed by atoms with E-state index in [-0.39, 0.29) is 11.7 Å². The van der Waals surface area contributed by atoms with Crippen molar-refractivity contribution in [2.24, 2.45) is 0 Å².